The van der Waals surface area contributed by atoms with Crippen molar-refractivity contribution < 1.29 is 27.5 Å². The van der Waals surface area contributed by atoms with Crippen molar-refractivity contribution in [2.45, 2.75) is 49.7 Å². The average Bonchev–Trinajstić information content (AvgIpc) is 3.25. The Labute approximate surface area is 237 Å². The lowest BCUT2D eigenvalue weighted by molar-refractivity contribution is -0.607. The van der Waals surface area contributed by atoms with Gasteiger partial charge < -0.3 is 20.7 Å². The lowest BCUT2D eigenvalue weighted by atomic mass is 9.73. The van der Waals surface area contributed by atoms with Crippen molar-refractivity contribution in [3.8, 4) is 11.1 Å². The van der Waals surface area contributed by atoms with Crippen molar-refractivity contribution in [3.63, 3.8) is 0 Å². The van der Waals surface area contributed by atoms with Crippen LogP contribution in [0.5, 0.6) is 0 Å². The number of hydrogen-bond acceptors (Lipinski definition) is 4. The van der Waals surface area contributed by atoms with Crippen LogP contribution in [0, 0.1) is 5.21 Å². The maximum atomic E-state index is 13.6. The summed E-state index contributed by atoms with van der Waals surface area (Å²) in [5.41, 5.74) is 2.13. The Balaban J connectivity index is 1.21. The van der Waals surface area contributed by atoms with E-state index in [9.17, 15) is 28.0 Å². The Hall–Kier alpha value is -3.92. The zero-order valence-electron chi connectivity index (χ0n) is 22.6. The van der Waals surface area contributed by atoms with Crippen molar-refractivity contribution >= 4 is 11.8 Å². The predicted octanol–water partition coefficient (Wildman–Crippen LogP) is 4.33. The third-order valence-corrected chi connectivity index (χ3v) is 8.16. The standard InChI is InChI=1S/C31H33F3N4O3/c32-31(33,34)21-35-29(40)30(25-11-3-1-9-23(25)24-10-2-4-12-26(24)30)16-6-8-17-37-19-14-22(15-20-37)36-28(39)27-13-5-7-18-38(27)41/h1-5,7,9-13,18,22H,6,8,14-17,19-21H2,(H,35,40)(H,36,39). The van der Waals surface area contributed by atoms with Gasteiger partial charge in [-0.1, -0.05) is 55.0 Å². The number of unbranched alkanes of at least 4 members (excludes halogenated alkanes) is 1. The summed E-state index contributed by atoms with van der Waals surface area (Å²) in [4.78, 5) is 28.4. The molecule has 0 atom stereocenters. The van der Waals surface area contributed by atoms with Crippen LogP contribution in [0.25, 0.3) is 11.1 Å². The second kappa shape index (κ2) is 11.9. The van der Waals surface area contributed by atoms with E-state index in [0.29, 0.717) is 17.6 Å². The van der Waals surface area contributed by atoms with E-state index in [2.05, 4.69) is 15.5 Å². The van der Waals surface area contributed by atoms with Crippen LogP contribution in [0.4, 0.5) is 13.2 Å². The van der Waals surface area contributed by atoms with Crippen LogP contribution in [-0.4, -0.2) is 55.1 Å². The molecule has 2 amide bonds. The molecule has 0 spiro atoms. The number of aromatic nitrogens is 1. The smallest absolute Gasteiger partial charge is 0.405 e. The van der Waals surface area contributed by atoms with Gasteiger partial charge in [-0.15, -0.1) is 0 Å². The summed E-state index contributed by atoms with van der Waals surface area (Å²) in [6.07, 6.45) is 0.112. The fourth-order valence-electron chi connectivity index (χ4n) is 6.17. The van der Waals surface area contributed by atoms with Crippen molar-refractivity contribution in [3.05, 3.63) is 95.0 Å². The summed E-state index contributed by atoms with van der Waals surface area (Å²) in [6.45, 7) is 0.964. The molecule has 1 aromatic heterocycles. The number of carbonyl (C=O) groups excluding carboxylic acids is 2. The Morgan fingerprint density at radius 2 is 1.54 bits per heavy atom. The number of piperidine rings is 1. The van der Waals surface area contributed by atoms with Gasteiger partial charge in [0.2, 0.25) is 5.91 Å². The maximum Gasteiger partial charge on any atom is 0.405 e. The zero-order valence-corrected chi connectivity index (χ0v) is 22.6. The number of amides is 2. The van der Waals surface area contributed by atoms with E-state index in [1.807, 2.05) is 48.5 Å². The molecular formula is C31H33F3N4O3. The molecule has 0 bridgehead atoms. The first-order chi connectivity index (χ1) is 19.7. The Morgan fingerprint density at radius 1 is 0.927 bits per heavy atom. The number of alkyl halides is 3. The van der Waals surface area contributed by atoms with Gasteiger partial charge in [0.15, 0.2) is 6.20 Å². The number of carbonyl (C=O) groups is 2. The summed E-state index contributed by atoms with van der Waals surface area (Å²) in [6, 6.07) is 19.7. The van der Waals surface area contributed by atoms with Crippen LogP contribution < -0.4 is 15.4 Å². The van der Waals surface area contributed by atoms with E-state index in [1.165, 1.54) is 12.3 Å². The van der Waals surface area contributed by atoms with Crippen molar-refractivity contribution in [1.82, 2.24) is 15.5 Å². The highest BCUT2D eigenvalue weighted by atomic mass is 19.4. The molecule has 3 aromatic rings. The molecule has 0 saturated carbocycles. The van der Waals surface area contributed by atoms with Crippen molar-refractivity contribution in [1.29, 1.82) is 0 Å². The van der Waals surface area contributed by atoms with Crippen LogP contribution in [0.1, 0.15) is 53.7 Å². The first-order valence-corrected chi connectivity index (χ1v) is 13.9. The normalized spacial score (nSPS) is 16.6. The van der Waals surface area contributed by atoms with E-state index in [1.54, 1.807) is 12.1 Å². The van der Waals surface area contributed by atoms with Gasteiger partial charge in [0, 0.05) is 31.3 Å². The number of pyridine rings is 1. The minimum atomic E-state index is -4.50. The van der Waals surface area contributed by atoms with Crippen molar-refractivity contribution in [2.24, 2.45) is 0 Å². The molecule has 1 aliphatic heterocycles. The van der Waals surface area contributed by atoms with E-state index < -0.39 is 24.0 Å². The Kier molecular flexibility index (Phi) is 8.30. The number of nitrogens with zero attached hydrogens (tertiary/aromatic N) is 2. The quantitative estimate of drug-likeness (QED) is 0.229. The number of rotatable bonds is 9. The van der Waals surface area contributed by atoms with E-state index in [4.69, 9.17) is 0 Å². The van der Waals surface area contributed by atoms with Crippen LogP contribution in [0.3, 0.4) is 0 Å². The van der Waals surface area contributed by atoms with E-state index in [0.717, 1.165) is 61.2 Å². The molecule has 7 nitrogen and oxygen atoms in total. The minimum Gasteiger partial charge on any atom is -0.618 e. The van der Waals surface area contributed by atoms with Gasteiger partial charge in [0.05, 0.1) is 0 Å². The SMILES string of the molecule is O=C(NC1CCN(CCCCC2(C(=O)NCC(F)(F)F)c3ccccc3-c3ccccc32)CC1)c1cccc[n+]1[O-]. The monoisotopic (exact) mass is 566 g/mol. The lowest BCUT2D eigenvalue weighted by Gasteiger charge is -2.33. The summed E-state index contributed by atoms with van der Waals surface area (Å²) < 4.78 is 39.8. The molecule has 1 aliphatic carbocycles. The second-order valence-electron chi connectivity index (χ2n) is 10.8. The molecule has 216 valence electrons. The van der Waals surface area contributed by atoms with Crippen molar-refractivity contribution in [2.75, 3.05) is 26.2 Å². The average molecular weight is 567 g/mol. The van der Waals surface area contributed by atoms with Gasteiger partial charge in [-0.25, -0.2) is 0 Å². The molecule has 41 heavy (non-hydrogen) atoms. The molecular weight excluding hydrogens is 533 g/mol. The summed E-state index contributed by atoms with van der Waals surface area (Å²) in [5, 5.41) is 17.0. The highest BCUT2D eigenvalue weighted by molar-refractivity contribution is 6.00. The van der Waals surface area contributed by atoms with E-state index >= 15 is 0 Å². The molecule has 0 radical (unpaired) electrons. The number of hydrogen-bond donors (Lipinski definition) is 2. The molecule has 2 aliphatic rings. The highest BCUT2D eigenvalue weighted by Crippen LogP contribution is 2.51. The lowest BCUT2D eigenvalue weighted by Crippen LogP contribution is -2.48. The Bertz CT molecular complexity index is 1360. The molecule has 5 rings (SSSR count). The number of benzene rings is 2. The summed E-state index contributed by atoms with van der Waals surface area (Å²) >= 11 is 0. The first-order valence-electron chi connectivity index (χ1n) is 13.9. The number of nitrogens with one attached hydrogen (secondary N) is 2. The van der Waals surface area contributed by atoms with Gasteiger partial charge in [-0.05, 0) is 60.5 Å². The molecule has 2 heterocycles. The number of halogens is 3. The minimum absolute atomic E-state index is 0.0222. The molecule has 10 heteroatoms. The predicted molar refractivity (Wildman–Crippen MR) is 148 cm³/mol. The topological polar surface area (TPSA) is 88.4 Å². The fraction of sp³-hybridized carbons (Fsp3) is 0.387. The molecule has 1 saturated heterocycles. The van der Waals surface area contributed by atoms with Gasteiger partial charge in [0.25, 0.3) is 5.69 Å². The molecule has 1 fully saturated rings. The number of likely N-dealkylation sites (tertiary alicyclic amines) is 1. The van der Waals surface area contributed by atoms with Crippen LogP contribution >= 0.6 is 0 Å². The first kappa shape index (κ1) is 28.6. The second-order valence-corrected chi connectivity index (χ2v) is 10.8. The summed E-state index contributed by atoms with van der Waals surface area (Å²) in [5.74, 6) is -1.01. The molecule has 2 N–H and O–H groups in total. The van der Waals surface area contributed by atoms with Gasteiger partial charge >= 0.3 is 12.1 Å². The largest absolute Gasteiger partial charge is 0.618 e. The van der Waals surface area contributed by atoms with Gasteiger partial charge in [0.1, 0.15) is 12.0 Å². The fourth-order valence-corrected chi connectivity index (χ4v) is 6.17. The zero-order chi connectivity index (χ0) is 29.0. The maximum absolute atomic E-state index is 13.6. The van der Waals surface area contributed by atoms with Gasteiger partial charge in [-0.3, -0.25) is 9.59 Å². The van der Waals surface area contributed by atoms with Gasteiger partial charge in [-0.2, -0.15) is 17.9 Å². The van der Waals surface area contributed by atoms with Crippen LogP contribution in [-0.2, 0) is 10.2 Å². The van der Waals surface area contributed by atoms with E-state index in [-0.39, 0.29) is 17.6 Å². The van der Waals surface area contributed by atoms with Crippen LogP contribution in [0.15, 0.2) is 72.9 Å². The number of fused-ring (bicyclic) bond motifs is 3. The summed E-state index contributed by atoms with van der Waals surface area (Å²) in [7, 11) is 0. The molecule has 0 unspecified atom stereocenters. The molecule has 2 aromatic carbocycles. The highest BCUT2D eigenvalue weighted by Gasteiger charge is 2.49. The third kappa shape index (κ3) is 6.07. The van der Waals surface area contributed by atoms with Crippen LogP contribution in [0.2, 0.25) is 0 Å². The Morgan fingerprint density at radius 3 is 2.15 bits per heavy atom. The third-order valence-electron chi connectivity index (χ3n) is 8.16.